The molecule has 2 rings (SSSR count). The lowest BCUT2D eigenvalue weighted by Gasteiger charge is -2.30. The van der Waals surface area contributed by atoms with Gasteiger partial charge in [0.2, 0.25) is 0 Å². The van der Waals surface area contributed by atoms with Crippen molar-refractivity contribution in [2.45, 2.75) is 19.4 Å². The van der Waals surface area contributed by atoms with Crippen molar-refractivity contribution in [1.82, 2.24) is 0 Å². The van der Waals surface area contributed by atoms with E-state index in [1.54, 1.807) is 12.1 Å². The zero-order valence-electron chi connectivity index (χ0n) is 8.88. The number of rotatable bonds is 1. The van der Waals surface area contributed by atoms with Gasteiger partial charge in [-0.05, 0) is 37.6 Å². The van der Waals surface area contributed by atoms with Gasteiger partial charge in [0.25, 0.3) is 0 Å². The van der Waals surface area contributed by atoms with Gasteiger partial charge in [-0.3, -0.25) is 0 Å². The van der Waals surface area contributed by atoms with Gasteiger partial charge in [0.05, 0.1) is 0 Å². The summed E-state index contributed by atoms with van der Waals surface area (Å²) in [6.07, 6.45) is 3.75. The molecule has 1 aromatic carbocycles. The number of benzene rings is 1. The molecular weight excluding hydrogens is 191 g/mol. The molecule has 78 valence electrons. The number of halogens is 1. The van der Waals surface area contributed by atoms with Crippen LogP contribution in [0.5, 0.6) is 5.75 Å². The van der Waals surface area contributed by atoms with Crippen molar-refractivity contribution < 1.29 is 9.13 Å². The van der Waals surface area contributed by atoms with E-state index in [-0.39, 0.29) is 5.82 Å². The Morgan fingerprint density at radius 2 is 2.13 bits per heavy atom. The summed E-state index contributed by atoms with van der Waals surface area (Å²) in [6.45, 7) is 7.62. The highest BCUT2D eigenvalue weighted by molar-refractivity contribution is 5.79. The minimum absolute atomic E-state index is 0.283. The third-order valence-corrected chi connectivity index (χ3v) is 2.35. The summed E-state index contributed by atoms with van der Waals surface area (Å²) in [5, 5.41) is 0. The smallest absolute Gasteiger partial charge is 0.131 e. The van der Waals surface area contributed by atoms with Gasteiger partial charge in [-0.2, -0.15) is 0 Å². The Morgan fingerprint density at radius 1 is 1.40 bits per heavy atom. The second-order valence-corrected chi connectivity index (χ2v) is 4.15. The number of fused-ring (bicyclic) bond motifs is 1. The van der Waals surface area contributed by atoms with Crippen LogP contribution in [0.4, 0.5) is 4.39 Å². The van der Waals surface area contributed by atoms with Crippen molar-refractivity contribution in [2.24, 2.45) is 0 Å². The number of hydrogen-bond acceptors (Lipinski definition) is 1. The Hall–Kier alpha value is -1.57. The molecule has 1 heterocycles. The lowest BCUT2D eigenvalue weighted by Crippen LogP contribution is -2.28. The zero-order valence-corrected chi connectivity index (χ0v) is 8.88. The summed E-state index contributed by atoms with van der Waals surface area (Å²) in [4.78, 5) is 0. The van der Waals surface area contributed by atoms with Crippen LogP contribution in [0.3, 0.4) is 0 Å². The lowest BCUT2D eigenvalue weighted by atomic mass is 9.95. The molecule has 2 heteroatoms. The summed E-state index contributed by atoms with van der Waals surface area (Å²) < 4.78 is 18.7. The van der Waals surface area contributed by atoms with E-state index in [1.165, 1.54) is 12.1 Å². The van der Waals surface area contributed by atoms with Gasteiger partial charge < -0.3 is 4.74 Å². The average molecular weight is 204 g/mol. The van der Waals surface area contributed by atoms with Crippen LogP contribution in [0.2, 0.25) is 0 Å². The second-order valence-electron chi connectivity index (χ2n) is 4.15. The second kappa shape index (κ2) is 3.23. The van der Waals surface area contributed by atoms with E-state index in [4.69, 9.17) is 4.74 Å². The van der Waals surface area contributed by atoms with Crippen LogP contribution in [0, 0.1) is 5.82 Å². The first-order valence-corrected chi connectivity index (χ1v) is 4.86. The highest BCUT2D eigenvalue weighted by Gasteiger charge is 2.25. The molecule has 1 aromatic rings. The molecule has 0 N–H and O–H groups in total. The maximum atomic E-state index is 13.1. The predicted molar refractivity (Wildman–Crippen MR) is 59.3 cm³/mol. The van der Waals surface area contributed by atoms with Crippen molar-refractivity contribution >= 4 is 5.57 Å². The summed E-state index contributed by atoms with van der Waals surface area (Å²) in [5.74, 6) is 0.298. The van der Waals surface area contributed by atoms with Crippen molar-refractivity contribution in [3.8, 4) is 5.75 Å². The van der Waals surface area contributed by atoms with Gasteiger partial charge in [0.15, 0.2) is 0 Å². The Morgan fingerprint density at radius 3 is 2.80 bits per heavy atom. The third-order valence-electron chi connectivity index (χ3n) is 2.35. The van der Waals surface area contributed by atoms with E-state index in [0.29, 0.717) is 5.75 Å². The van der Waals surface area contributed by atoms with Gasteiger partial charge >= 0.3 is 0 Å². The van der Waals surface area contributed by atoms with Crippen molar-refractivity contribution in [3.05, 3.63) is 48.3 Å². The topological polar surface area (TPSA) is 9.23 Å². The Kier molecular flexibility index (Phi) is 2.14. The fourth-order valence-corrected chi connectivity index (χ4v) is 1.75. The summed E-state index contributed by atoms with van der Waals surface area (Å²) in [7, 11) is 0. The van der Waals surface area contributed by atoms with E-state index in [0.717, 1.165) is 11.1 Å². The van der Waals surface area contributed by atoms with Gasteiger partial charge in [-0.25, -0.2) is 4.39 Å². The minimum Gasteiger partial charge on any atom is -0.483 e. The summed E-state index contributed by atoms with van der Waals surface area (Å²) in [5.41, 5.74) is 1.47. The number of hydrogen-bond donors (Lipinski definition) is 0. The Labute approximate surface area is 88.9 Å². The SMILES string of the molecule is C=CC1=CC(C)(C)Oc2cc(F)ccc21. The van der Waals surface area contributed by atoms with E-state index in [2.05, 4.69) is 6.58 Å². The number of ether oxygens (including phenoxy) is 1. The molecule has 0 aromatic heterocycles. The molecule has 15 heavy (non-hydrogen) atoms. The summed E-state index contributed by atoms with van der Waals surface area (Å²) >= 11 is 0. The fraction of sp³-hybridized carbons (Fsp3) is 0.231. The van der Waals surface area contributed by atoms with E-state index in [1.807, 2.05) is 19.9 Å². The van der Waals surface area contributed by atoms with E-state index < -0.39 is 5.60 Å². The van der Waals surface area contributed by atoms with Gasteiger partial charge in [-0.15, -0.1) is 0 Å². The zero-order chi connectivity index (χ0) is 11.1. The predicted octanol–water partition coefficient (Wildman–Crippen LogP) is 3.57. The normalized spacial score (nSPS) is 17.4. The summed E-state index contributed by atoms with van der Waals surface area (Å²) in [6, 6.07) is 4.55. The van der Waals surface area contributed by atoms with Crippen LogP contribution in [0.25, 0.3) is 5.57 Å². The first-order valence-electron chi connectivity index (χ1n) is 4.86. The van der Waals surface area contributed by atoms with Gasteiger partial charge in [0, 0.05) is 11.6 Å². The molecule has 0 spiro atoms. The monoisotopic (exact) mass is 204 g/mol. The Bertz CT molecular complexity index is 444. The molecule has 0 saturated heterocycles. The maximum absolute atomic E-state index is 13.1. The standard InChI is InChI=1S/C13H13FO/c1-4-9-8-13(2,3)15-12-7-10(14)5-6-11(9)12/h4-8H,1H2,2-3H3. The Balaban J connectivity index is 2.60. The molecule has 1 nitrogen and oxygen atoms in total. The molecule has 0 unspecified atom stereocenters. The quantitative estimate of drug-likeness (QED) is 0.679. The van der Waals surface area contributed by atoms with Crippen LogP contribution in [0.15, 0.2) is 36.9 Å². The van der Waals surface area contributed by atoms with Crippen molar-refractivity contribution in [3.63, 3.8) is 0 Å². The van der Waals surface area contributed by atoms with Crippen LogP contribution in [-0.4, -0.2) is 5.60 Å². The van der Waals surface area contributed by atoms with Crippen LogP contribution >= 0.6 is 0 Å². The highest BCUT2D eigenvalue weighted by Crippen LogP contribution is 2.36. The van der Waals surface area contributed by atoms with Crippen molar-refractivity contribution in [2.75, 3.05) is 0 Å². The van der Waals surface area contributed by atoms with Crippen LogP contribution in [-0.2, 0) is 0 Å². The molecule has 1 aliphatic heterocycles. The van der Waals surface area contributed by atoms with E-state index in [9.17, 15) is 4.39 Å². The molecule has 0 radical (unpaired) electrons. The number of allylic oxidation sites excluding steroid dienone is 2. The highest BCUT2D eigenvalue weighted by atomic mass is 19.1. The fourth-order valence-electron chi connectivity index (χ4n) is 1.75. The molecule has 0 bridgehead atoms. The van der Waals surface area contributed by atoms with Gasteiger partial charge in [0.1, 0.15) is 17.2 Å². The molecule has 0 atom stereocenters. The molecule has 0 amide bonds. The molecular formula is C13H13FO. The average Bonchev–Trinajstić information content (AvgIpc) is 2.14. The van der Waals surface area contributed by atoms with Crippen molar-refractivity contribution in [1.29, 1.82) is 0 Å². The largest absolute Gasteiger partial charge is 0.483 e. The lowest BCUT2D eigenvalue weighted by molar-refractivity contribution is 0.157. The third kappa shape index (κ3) is 1.80. The molecule has 0 aliphatic carbocycles. The first kappa shape index (κ1) is 9.97. The molecule has 0 saturated carbocycles. The van der Waals surface area contributed by atoms with Crippen LogP contribution in [0.1, 0.15) is 19.4 Å². The minimum atomic E-state index is -0.412. The van der Waals surface area contributed by atoms with Gasteiger partial charge in [-0.1, -0.05) is 12.7 Å². The van der Waals surface area contributed by atoms with E-state index >= 15 is 0 Å². The molecule has 1 aliphatic rings. The van der Waals surface area contributed by atoms with Crippen LogP contribution < -0.4 is 4.74 Å². The first-order chi connectivity index (χ1) is 7.02. The molecule has 0 fully saturated rings. The maximum Gasteiger partial charge on any atom is 0.131 e.